The first-order valence-corrected chi connectivity index (χ1v) is 8.19. The van der Waals surface area contributed by atoms with Crippen LogP contribution in [0, 0.1) is 0 Å². The zero-order valence-corrected chi connectivity index (χ0v) is 13.7. The maximum Gasteiger partial charge on any atom is 0.242 e. The SMILES string of the molecule is CCCCN(C)S(=O)(=O)c1ccc(OC)c(NC(C)=O)c1. The van der Waals surface area contributed by atoms with Gasteiger partial charge in [-0.3, -0.25) is 4.79 Å². The molecular formula is C14H22N2O4S. The van der Waals surface area contributed by atoms with Gasteiger partial charge in [0.05, 0.1) is 17.7 Å². The van der Waals surface area contributed by atoms with Crippen LogP contribution in [0.3, 0.4) is 0 Å². The van der Waals surface area contributed by atoms with Crippen molar-refractivity contribution in [2.24, 2.45) is 0 Å². The molecule has 0 spiro atoms. The summed E-state index contributed by atoms with van der Waals surface area (Å²) in [5.41, 5.74) is 0.343. The quantitative estimate of drug-likeness (QED) is 0.836. The third-order valence-electron chi connectivity index (χ3n) is 3.02. The lowest BCUT2D eigenvalue weighted by Crippen LogP contribution is -2.28. The molecule has 0 heterocycles. The molecule has 0 fully saturated rings. The molecule has 0 unspecified atom stereocenters. The Balaban J connectivity index is 3.15. The molecule has 6 nitrogen and oxygen atoms in total. The highest BCUT2D eigenvalue weighted by atomic mass is 32.2. The molecule has 0 aliphatic heterocycles. The van der Waals surface area contributed by atoms with Gasteiger partial charge in [0.25, 0.3) is 0 Å². The molecule has 1 amide bonds. The molecule has 0 aliphatic carbocycles. The van der Waals surface area contributed by atoms with Gasteiger partial charge < -0.3 is 10.1 Å². The lowest BCUT2D eigenvalue weighted by atomic mass is 10.3. The fraction of sp³-hybridized carbons (Fsp3) is 0.500. The van der Waals surface area contributed by atoms with Crippen molar-refractivity contribution in [3.8, 4) is 5.75 Å². The number of benzene rings is 1. The summed E-state index contributed by atoms with van der Waals surface area (Å²) in [7, 11) is -0.559. The first-order chi connectivity index (χ1) is 9.82. The third-order valence-corrected chi connectivity index (χ3v) is 4.87. The van der Waals surface area contributed by atoms with Crippen molar-refractivity contribution in [3.63, 3.8) is 0 Å². The maximum atomic E-state index is 12.4. The van der Waals surface area contributed by atoms with Crippen molar-refractivity contribution in [1.82, 2.24) is 4.31 Å². The highest BCUT2D eigenvalue weighted by Gasteiger charge is 2.21. The van der Waals surface area contributed by atoms with Gasteiger partial charge in [-0.05, 0) is 24.6 Å². The topological polar surface area (TPSA) is 75.7 Å². The van der Waals surface area contributed by atoms with Gasteiger partial charge in [-0.2, -0.15) is 0 Å². The lowest BCUT2D eigenvalue weighted by Gasteiger charge is -2.18. The summed E-state index contributed by atoms with van der Waals surface area (Å²) in [6.07, 6.45) is 1.71. The minimum atomic E-state index is -3.57. The molecule has 0 aliphatic rings. The van der Waals surface area contributed by atoms with E-state index in [2.05, 4.69) is 5.32 Å². The van der Waals surface area contributed by atoms with Gasteiger partial charge in [0, 0.05) is 20.5 Å². The molecule has 0 saturated carbocycles. The monoisotopic (exact) mass is 314 g/mol. The number of rotatable bonds is 7. The Morgan fingerprint density at radius 1 is 1.38 bits per heavy atom. The van der Waals surface area contributed by atoms with Crippen molar-refractivity contribution < 1.29 is 17.9 Å². The van der Waals surface area contributed by atoms with Gasteiger partial charge in [-0.15, -0.1) is 0 Å². The van der Waals surface area contributed by atoms with E-state index in [0.717, 1.165) is 12.8 Å². The van der Waals surface area contributed by atoms with Crippen LogP contribution in [0.15, 0.2) is 23.1 Å². The average Bonchev–Trinajstić information content (AvgIpc) is 2.43. The third kappa shape index (κ3) is 4.44. The molecule has 0 aromatic heterocycles. The van der Waals surface area contributed by atoms with Crippen LogP contribution in [0.25, 0.3) is 0 Å². The van der Waals surface area contributed by atoms with Gasteiger partial charge in [0.15, 0.2) is 0 Å². The second-order valence-corrected chi connectivity index (χ2v) is 6.77. The summed E-state index contributed by atoms with van der Waals surface area (Å²) in [5.74, 6) is 0.127. The zero-order chi connectivity index (χ0) is 16.0. The number of nitrogens with one attached hydrogen (secondary N) is 1. The Bertz CT molecular complexity index is 599. The molecule has 1 aromatic rings. The van der Waals surface area contributed by atoms with Gasteiger partial charge in [0.2, 0.25) is 15.9 Å². The summed E-state index contributed by atoms with van der Waals surface area (Å²) in [5, 5.41) is 2.57. The largest absolute Gasteiger partial charge is 0.495 e. The Morgan fingerprint density at radius 3 is 2.57 bits per heavy atom. The number of anilines is 1. The van der Waals surface area contributed by atoms with Crippen LogP contribution in [0.5, 0.6) is 5.75 Å². The normalized spacial score (nSPS) is 11.5. The first-order valence-electron chi connectivity index (χ1n) is 6.75. The van der Waals surface area contributed by atoms with Gasteiger partial charge in [-0.25, -0.2) is 12.7 Å². The van der Waals surface area contributed by atoms with E-state index in [9.17, 15) is 13.2 Å². The zero-order valence-electron chi connectivity index (χ0n) is 12.8. The van der Waals surface area contributed by atoms with Crippen LogP contribution < -0.4 is 10.1 Å². The van der Waals surface area contributed by atoms with E-state index in [0.29, 0.717) is 18.0 Å². The standard InChI is InChI=1S/C14H22N2O4S/c1-5-6-9-16(3)21(18,19)12-7-8-14(20-4)13(10-12)15-11(2)17/h7-8,10H,5-6,9H2,1-4H3,(H,15,17). The molecule has 7 heteroatoms. The van der Waals surface area contributed by atoms with E-state index in [4.69, 9.17) is 4.74 Å². The first kappa shape index (κ1) is 17.5. The Labute approximate surface area is 126 Å². The molecule has 21 heavy (non-hydrogen) atoms. The minimum absolute atomic E-state index is 0.130. The van der Waals surface area contributed by atoms with Gasteiger partial charge in [-0.1, -0.05) is 13.3 Å². The second kappa shape index (κ2) is 7.42. The second-order valence-electron chi connectivity index (χ2n) is 4.72. The molecule has 1 aromatic carbocycles. The van der Waals surface area contributed by atoms with Crippen LogP contribution in [0.2, 0.25) is 0 Å². The van der Waals surface area contributed by atoms with Crippen LogP contribution in [0.4, 0.5) is 5.69 Å². The number of hydrogen-bond donors (Lipinski definition) is 1. The summed E-state index contributed by atoms with van der Waals surface area (Å²) < 4.78 is 31.3. The molecule has 118 valence electrons. The van der Waals surface area contributed by atoms with E-state index in [1.54, 1.807) is 7.05 Å². The van der Waals surface area contributed by atoms with E-state index in [-0.39, 0.29) is 10.8 Å². The number of carbonyl (C=O) groups excluding carboxylic acids is 1. The van der Waals surface area contributed by atoms with Crippen LogP contribution in [0.1, 0.15) is 26.7 Å². The molecular weight excluding hydrogens is 292 g/mol. The van der Waals surface area contributed by atoms with E-state index < -0.39 is 10.0 Å². The number of sulfonamides is 1. The molecule has 0 bridgehead atoms. The fourth-order valence-corrected chi connectivity index (χ4v) is 3.05. The van der Waals surface area contributed by atoms with Gasteiger partial charge >= 0.3 is 0 Å². The highest BCUT2D eigenvalue weighted by molar-refractivity contribution is 7.89. The summed E-state index contributed by atoms with van der Waals surface area (Å²) in [6.45, 7) is 3.82. The van der Waals surface area contributed by atoms with E-state index in [1.165, 1.54) is 36.5 Å². The lowest BCUT2D eigenvalue weighted by molar-refractivity contribution is -0.114. The van der Waals surface area contributed by atoms with Crippen molar-refractivity contribution in [3.05, 3.63) is 18.2 Å². The number of unbranched alkanes of at least 4 members (excludes halogenated alkanes) is 1. The Morgan fingerprint density at radius 2 is 2.05 bits per heavy atom. The highest BCUT2D eigenvalue weighted by Crippen LogP contribution is 2.28. The van der Waals surface area contributed by atoms with Crippen molar-refractivity contribution >= 4 is 21.6 Å². The molecule has 0 saturated heterocycles. The Hall–Kier alpha value is -1.60. The van der Waals surface area contributed by atoms with E-state index in [1.807, 2.05) is 6.92 Å². The fourth-order valence-electron chi connectivity index (χ4n) is 1.82. The Kier molecular flexibility index (Phi) is 6.17. The van der Waals surface area contributed by atoms with Gasteiger partial charge in [0.1, 0.15) is 5.75 Å². The summed E-state index contributed by atoms with van der Waals surface area (Å²) >= 11 is 0. The molecule has 1 N–H and O–H groups in total. The summed E-state index contributed by atoms with van der Waals surface area (Å²) in [4.78, 5) is 11.3. The molecule has 1 rings (SSSR count). The number of methoxy groups -OCH3 is 1. The number of ether oxygens (including phenoxy) is 1. The smallest absolute Gasteiger partial charge is 0.242 e. The predicted octanol–water partition coefficient (Wildman–Crippen LogP) is 2.07. The van der Waals surface area contributed by atoms with Crippen molar-refractivity contribution in [1.29, 1.82) is 0 Å². The minimum Gasteiger partial charge on any atom is -0.495 e. The number of amides is 1. The van der Waals surface area contributed by atoms with Crippen LogP contribution >= 0.6 is 0 Å². The van der Waals surface area contributed by atoms with Crippen LogP contribution in [-0.4, -0.2) is 39.3 Å². The molecule has 0 atom stereocenters. The average molecular weight is 314 g/mol. The predicted molar refractivity (Wildman–Crippen MR) is 82.0 cm³/mol. The summed E-state index contributed by atoms with van der Waals surface area (Å²) in [6, 6.07) is 4.42. The van der Waals surface area contributed by atoms with Crippen molar-refractivity contribution in [2.45, 2.75) is 31.6 Å². The maximum absolute atomic E-state index is 12.4. The molecule has 0 radical (unpaired) electrons. The van der Waals surface area contributed by atoms with Crippen molar-refractivity contribution in [2.75, 3.05) is 26.0 Å². The van der Waals surface area contributed by atoms with E-state index >= 15 is 0 Å². The van der Waals surface area contributed by atoms with Crippen LogP contribution in [-0.2, 0) is 14.8 Å². The number of carbonyl (C=O) groups is 1. The number of hydrogen-bond acceptors (Lipinski definition) is 4. The number of nitrogens with zero attached hydrogens (tertiary/aromatic N) is 1.